The summed E-state index contributed by atoms with van der Waals surface area (Å²) in [4.78, 5) is 27.4. The van der Waals surface area contributed by atoms with Crippen LogP contribution in [0.15, 0.2) is 17.3 Å². The predicted molar refractivity (Wildman–Crippen MR) is 124 cm³/mol. The maximum absolute atomic E-state index is 12.9. The molecule has 1 atom stereocenters. The molecule has 2 aromatic rings. The summed E-state index contributed by atoms with van der Waals surface area (Å²) in [5.74, 6) is 0.149. The molecule has 2 saturated heterocycles. The number of nitrogens with zero attached hydrogens (tertiary/aromatic N) is 4. The summed E-state index contributed by atoms with van der Waals surface area (Å²) >= 11 is 8.09. The van der Waals surface area contributed by atoms with Gasteiger partial charge in [-0.1, -0.05) is 30.3 Å². The van der Waals surface area contributed by atoms with Crippen molar-refractivity contribution in [1.82, 2.24) is 19.8 Å². The van der Waals surface area contributed by atoms with E-state index in [2.05, 4.69) is 14.8 Å². The molecule has 10 heteroatoms. The Labute approximate surface area is 191 Å². The number of aromatic amines is 1. The van der Waals surface area contributed by atoms with E-state index in [1.807, 2.05) is 24.0 Å². The molecule has 1 amide bonds. The van der Waals surface area contributed by atoms with Gasteiger partial charge >= 0.3 is 0 Å². The number of fused-ring (bicyclic) bond motifs is 1. The molecule has 2 aliphatic rings. The second-order valence-corrected chi connectivity index (χ2v) is 9.47. The number of imidazole rings is 1. The van der Waals surface area contributed by atoms with E-state index in [0.29, 0.717) is 37.9 Å². The topological polar surface area (TPSA) is 84.9 Å². The highest BCUT2D eigenvalue weighted by Gasteiger charge is 2.27. The van der Waals surface area contributed by atoms with Crippen LogP contribution in [0.5, 0.6) is 0 Å². The minimum atomic E-state index is -0.173. The first-order chi connectivity index (χ1) is 15.1. The van der Waals surface area contributed by atoms with Gasteiger partial charge in [-0.3, -0.25) is 9.69 Å². The number of amides is 1. The van der Waals surface area contributed by atoms with E-state index in [0.717, 1.165) is 54.5 Å². The molecule has 1 unspecified atom stereocenters. The molecule has 31 heavy (non-hydrogen) atoms. The largest absolute Gasteiger partial charge is 0.395 e. The van der Waals surface area contributed by atoms with Gasteiger partial charge in [0.2, 0.25) is 5.91 Å². The van der Waals surface area contributed by atoms with Crippen LogP contribution in [0.2, 0.25) is 5.02 Å². The Morgan fingerprint density at radius 1 is 1.26 bits per heavy atom. The van der Waals surface area contributed by atoms with E-state index in [4.69, 9.17) is 26.4 Å². The second kappa shape index (κ2) is 10.4. The number of thioether (sulfide) groups is 1. The molecule has 2 fully saturated rings. The van der Waals surface area contributed by atoms with E-state index in [1.165, 1.54) is 11.8 Å². The fourth-order valence-corrected chi connectivity index (χ4v) is 5.37. The Morgan fingerprint density at radius 3 is 2.68 bits per heavy atom. The Hall–Kier alpha value is -1.52. The number of morpholine rings is 1. The summed E-state index contributed by atoms with van der Waals surface area (Å²) in [6.07, 6.45) is 0.738. The van der Waals surface area contributed by atoms with Gasteiger partial charge in [-0.25, -0.2) is 4.98 Å². The molecule has 0 aliphatic carbocycles. The maximum Gasteiger partial charge on any atom is 0.236 e. The number of hydrogen-bond acceptors (Lipinski definition) is 7. The van der Waals surface area contributed by atoms with Gasteiger partial charge in [0.15, 0.2) is 5.16 Å². The van der Waals surface area contributed by atoms with Gasteiger partial charge in [0.25, 0.3) is 0 Å². The Kier molecular flexibility index (Phi) is 7.60. The highest BCUT2D eigenvalue weighted by molar-refractivity contribution is 8.00. The van der Waals surface area contributed by atoms with E-state index < -0.39 is 0 Å². The van der Waals surface area contributed by atoms with Crippen LogP contribution in [-0.2, 0) is 9.53 Å². The summed E-state index contributed by atoms with van der Waals surface area (Å²) in [5.41, 5.74) is 2.72. The van der Waals surface area contributed by atoms with Gasteiger partial charge in [-0.2, -0.15) is 0 Å². The Balaban J connectivity index is 1.47. The van der Waals surface area contributed by atoms with Crippen molar-refractivity contribution in [1.29, 1.82) is 0 Å². The molecule has 2 aliphatic heterocycles. The molecule has 0 spiro atoms. The Bertz CT molecular complexity index is 897. The van der Waals surface area contributed by atoms with Gasteiger partial charge in [0, 0.05) is 45.8 Å². The quantitative estimate of drug-likeness (QED) is 0.603. The number of aromatic nitrogens is 2. The van der Waals surface area contributed by atoms with Crippen molar-refractivity contribution >= 4 is 46.0 Å². The molecule has 0 saturated carbocycles. The second-order valence-electron chi connectivity index (χ2n) is 7.87. The Morgan fingerprint density at radius 2 is 2.00 bits per heavy atom. The number of halogens is 1. The summed E-state index contributed by atoms with van der Waals surface area (Å²) in [6, 6.07) is 3.96. The standard InChI is InChI=1S/C21H30ClN5O3S/c1-2-19(20(29)27-8-11-30-12-9-27)31-21-23-16-13-15(22)18(14-17(16)24-21)26-5-3-25(4-6-26)7-10-28/h13-14,19,28H,2-12H2,1H3,(H,23,24). The summed E-state index contributed by atoms with van der Waals surface area (Å²) in [7, 11) is 0. The van der Waals surface area contributed by atoms with Crippen LogP contribution in [0.1, 0.15) is 13.3 Å². The predicted octanol–water partition coefficient (Wildman–Crippen LogP) is 2.06. The molecule has 0 radical (unpaired) electrons. The zero-order valence-electron chi connectivity index (χ0n) is 17.8. The maximum atomic E-state index is 12.9. The SMILES string of the molecule is CCC(Sc1nc2cc(N3CCN(CCO)CC3)c(Cl)cc2[nH]1)C(=O)N1CCOCC1. The van der Waals surface area contributed by atoms with Gasteiger partial charge in [-0.15, -0.1) is 0 Å². The fraction of sp³-hybridized carbons (Fsp3) is 0.619. The first-order valence-corrected chi connectivity index (χ1v) is 12.2. The molecule has 1 aromatic carbocycles. The third-order valence-corrected chi connectivity index (χ3v) is 7.42. The lowest BCUT2D eigenvalue weighted by Gasteiger charge is -2.36. The molecule has 8 nitrogen and oxygen atoms in total. The van der Waals surface area contributed by atoms with Crippen molar-refractivity contribution in [2.45, 2.75) is 23.8 Å². The van der Waals surface area contributed by atoms with Gasteiger partial charge in [0.1, 0.15) is 0 Å². The number of aliphatic hydroxyl groups excluding tert-OH is 1. The van der Waals surface area contributed by atoms with Crippen molar-refractivity contribution in [3.8, 4) is 0 Å². The number of carbonyl (C=O) groups is 1. The van der Waals surface area contributed by atoms with Crippen LogP contribution in [-0.4, -0.2) is 102 Å². The minimum Gasteiger partial charge on any atom is -0.395 e. The van der Waals surface area contributed by atoms with Crippen LogP contribution >= 0.6 is 23.4 Å². The van der Waals surface area contributed by atoms with Gasteiger partial charge in [0.05, 0.1) is 46.8 Å². The van der Waals surface area contributed by atoms with Crippen LogP contribution < -0.4 is 4.90 Å². The number of aliphatic hydroxyl groups is 1. The molecule has 3 heterocycles. The van der Waals surface area contributed by atoms with Crippen molar-refractivity contribution in [2.75, 3.05) is 70.5 Å². The number of anilines is 1. The van der Waals surface area contributed by atoms with Gasteiger partial charge in [-0.05, 0) is 18.6 Å². The van der Waals surface area contributed by atoms with Crippen molar-refractivity contribution in [3.63, 3.8) is 0 Å². The molecule has 170 valence electrons. The third-order valence-electron chi connectivity index (χ3n) is 5.88. The number of hydrogen-bond donors (Lipinski definition) is 2. The number of ether oxygens (including phenoxy) is 1. The lowest BCUT2D eigenvalue weighted by Crippen LogP contribution is -2.47. The zero-order chi connectivity index (χ0) is 21.8. The number of rotatable bonds is 7. The lowest BCUT2D eigenvalue weighted by molar-refractivity contribution is -0.134. The highest BCUT2D eigenvalue weighted by atomic mass is 35.5. The summed E-state index contributed by atoms with van der Waals surface area (Å²) < 4.78 is 5.36. The fourth-order valence-electron chi connectivity index (χ4n) is 4.08. The first-order valence-electron chi connectivity index (χ1n) is 10.9. The normalized spacial score (nSPS) is 19.2. The summed E-state index contributed by atoms with van der Waals surface area (Å²) in [5, 5.41) is 10.4. The van der Waals surface area contributed by atoms with Gasteiger partial charge < -0.3 is 24.6 Å². The third kappa shape index (κ3) is 5.28. The number of H-pyrrole nitrogens is 1. The summed E-state index contributed by atoms with van der Waals surface area (Å²) in [6.45, 7) is 8.98. The van der Waals surface area contributed by atoms with Crippen LogP contribution in [0.4, 0.5) is 5.69 Å². The lowest BCUT2D eigenvalue weighted by atomic mass is 10.2. The monoisotopic (exact) mass is 467 g/mol. The molecular weight excluding hydrogens is 438 g/mol. The average molecular weight is 468 g/mol. The number of piperazine rings is 1. The van der Waals surface area contributed by atoms with Crippen LogP contribution in [0, 0.1) is 0 Å². The number of benzene rings is 1. The molecule has 1 aromatic heterocycles. The van der Waals surface area contributed by atoms with Crippen molar-refractivity contribution in [3.05, 3.63) is 17.2 Å². The van der Waals surface area contributed by atoms with Crippen LogP contribution in [0.3, 0.4) is 0 Å². The molecule has 4 rings (SSSR count). The van der Waals surface area contributed by atoms with E-state index >= 15 is 0 Å². The number of β-amino-alcohol motifs (C(OH)–C–C–N with tert-alkyl or cyclic N) is 1. The first kappa shape index (κ1) is 22.7. The molecule has 2 N–H and O–H groups in total. The number of nitrogens with one attached hydrogen (secondary N) is 1. The van der Waals surface area contributed by atoms with Crippen molar-refractivity contribution in [2.24, 2.45) is 0 Å². The highest BCUT2D eigenvalue weighted by Crippen LogP contribution is 2.33. The van der Waals surface area contributed by atoms with E-state index in [9.17, 15) is 4.79 Å². The average Bonchev–Trinajstić information content (AvgIpc) is 3.19. The molecular formula is C21H30ClN5O3S. The zero-order valence-corrected chi connectivity index (χ0v) is 19.4. The molecule has 0 bridgehead atoms. The smallest absolute Gasteiger partial charge is 0.236 e. The van der Waals surface area contributed by atoms with E-state index in [-0.39, 0.29) is 17.8 Å². The van der Waals surface area contributed by atoms with E-state index in [1.54, 1.807) is 0 Å². The number of carbonyl (C=O) groups excluding carboxylic acids is 1. The van der Waals surface area contributed by atoms with Crippen molar-refractivity contribution < 1.29 is 14.6 Å². The van der Waals surface area contributed by atoms with Crippen LogP contribution in [0.25, 0.3) is 11.0 Å². The minimum absolute atomic E-state index is 0.149.